The molecule has 23 heavy (non-hydrogen) atoms. The van der Waals surface area contributed by atoms with E-state index < -0.39 is 0 Å². The number of anilines is 1. The van der Waals surface area contributed by atoms with Crippen molar-refractivity contribution in [2.24, 2.45) is 0 Å². The van der Waals surface area contributed by atoms with E-state index in [9.17, 15) is 4.79 Å². The molecule has 6 nitrogen and oxygen atoms in total. The van der Waals surface area contributed by atoms with E-state index >= 15 is 0 Å². The van der Waals surface area contributed by atoms with Gasteiger partial charge >= 0.3 is 0 Å². The third-order valence-corrected chi connectivity index (χ3v) is 5.07. The van der Waals surface area contributed by atoms with Crippen molar-refractivity contribution in [1.82, 2.24) is 14.8 Å². The van der Waals surface area contributed by atoms with E-state index in [2.05, 4.69) is 16.0 Å². The van der Waals surface area contributed by atoms with Gasteiger partial charge in [0, 0.05) is 46.8 Å². The van der Waals surface area contributed by atoms with Crippen LogP contribution in [0.25, 0.3) is 0 Å². The van der Waals surface area contributed by atoms with Crippen molar-refractivity contribution in [3.05, 3.63) is 23.4 Å². The van der Waals surface area contributed by atoms with Crippen molar-refractivity contribution < 1.29 is 9.53 Å². The third-order valence-electron chi connectivity index (χ3n) is 5.07. The minimum absolute atomic E-state index is 0.213. The van der Waals surface area contributed by atoms with Gasteiger partial charge in [0.25, 0.3) is 0 Å². The highest BCUT2D eigenvalue weighted by Gasteiger charge is 2.28. The first-order chi connectivity index (χ1) is 11.1. The lowest BCUT2D eigenvalue weighted by Crippen LogP contribution is -2.35. The minimum atomic E-state index is 0.213. The Morgan fingerprint density at radius 2 is 2.17 bits per heavy atom. The number of nitrogens with zero attached hydrogens (tertiary/aromatic N) is 3. The van der Waals surface area contributed by atoms with Gasteiger partial charge < -0.3 is 15.4 Å². The molecule has 3 heterocycles. The molecular weight excluding hydrogens is 292 g/mol. The average Bonchev–Trinajstić information content (AvgIpc) is 2.98. The highest BCUT2D eigenvalue weighted by molar-refractivity contribution is 5.77. The molecule has 2 aliphatic heterocycles. The Hall–Kier alpha value is -1.66. The van der Waals surface area contributed by atoms with Crippen LogP contribution in [-0.2, 0) is 16.1 Å². The molecule has 0 radical (unpaired) electrons. The van der Waals surface area contributed by atoms with Crippen LogP contribution in [0.3, 0.4) is 0 Å². The number of ether oxygens (including phenoxy) is 1. The predicted molar refractivity (Wildman–Crippen MR) is 89.0 cm³/mol. The number of carbonyl (C=O) groups excluding carboxylic acids is 1. The topological polar surface area (TPSA) is 71.7 Å². The van der Waals surface area contributed by atoms with Gasteiger partial charge in [-0.3, -0.25) is 9.69 Å². The van der Waals surface area contributed by atoms with Gasteiger partial charge in [-0.15, -0.1) is 0 Å². The maximum Gasteiger partial charge on any atom is 0.222 e. The summed E-state index contributed by atoms with van der Waals surface area (Å²) >= 11 is 0. The van der Waals surface area contributed by atoms with Gasteiger partial charge in [-0.05, 0) is 30.4 Å². The molecule has 1 aromatic heterocycles. The Labute approximate surface area is 137 Å². The first kappa shape index (κ1) is 16.2. The maximum atomic E-state index is 12.0. The SMILES string of the molecule is CO[C@H]1CCN(Cc2nc(N)ccc2C2CCN(C)C(=O)C2)C1. The van der Waals surface area contributed by atoms with E-state index in [1.54, 1.807) is 7.11 Å². The zero-order valence-electron chi connectivity index (χ0n) is 14.0. The van der Waals surface area contributed by atoms with E-state index in [0.29, 0.717) is 18.3 Å². The van der Waals surface area contributed by atoms with E-state index in [1.165, 1.54) is 5.56 Å². The number of pyridine rings is 1. The molecule has 126 valence electrons. The van der Waals surface area contributed by atoms with Gasteiger partial charge in [0.1, 0.15) is 5.82 Å². The molecule has 2 N–H and O–H groups in total. The molecular formula is C17H26N4O2. The van der Waals surface area contributed by atoms with Crippen molar-refractivity contribution in [2.45, 2.75) is 37.8 Å². The number of carbonyl (C=O) groups is 1. The van der Waals surface area contributed by atoms with Crippen molar-refractivity contribution in [3.63, 3.8) is 0 Å². The molecule has 2 atom stereocenters. The average molecular weight is 318 g/mol. The highest BCUT2D eigenvalue weighted by Crippen LogP contribution is 2.31. The molecule has 0 spiro atoms. The minimum Gasteiger partial charge on any atom is -0.384 e. The number of hydrogen-bond donors (Lipinski definition) is 1. The van der Waals surface area contributed by atoms with E-state index in [-0.39, 0.29) is 11.8 Å². The van der Waals surface area contributed by atoms with E-state index in [0.717, 1.165) is 44.7 Å². The zero-order valence-corrected chi connectivity index (χ0v) is 14.0. The Kier molecular flexibility index (Phi) is 4.82. The summed E-state index contributed by atoms with van der Waals surface area (Å²) in [6, 6.07) is 3.91. The van der Waals surface area contributed by atoms with Crippen LogP contribution in [0.5, 0.6) is 0 Å². The summed E-state index contributed by atoms with van der Waals surface area (Å²) in [5.41, 5.74) is 8.10. The van der Waals surface area contributed by atoms with Crippen molar-refractivity contribution in [3.8, 4) is 0 Å². The summed E-state index contributed by atoms with van der Waals surface area (Å²) in [6.07, 6.45) is 2.92. The number of nitrogens with two attached hydrogens (primary N) is 1. The van der Waals surface area contributed by atoms with Gasteiger partial charge in [0.2, 0.25) is 5.91 Å². The molecule has 0 aromatic carbocycles. The molecule has 0 saturated carbocycles. The fraction of sp³-hybridized carbons (Fsp3) is 0.647. The van der Waals surface area contributed by atoms with Crippen molar-refractivity contribution >= 4 is 11.7 Å². The second kappa shape index (κ2) is 6.84. The van der Waals surface area contributed by atoms with Crippen LogP contribution >= 0.6 is 0 Å². The second-order valence-electron chi connectivity index (χ2n) is 6.66. The fourth-order valence-electron chi connectivity index (χ4n) is 3.58. The molecule has 3 rings (SSSR count). The van der Waals surface area contributed by atoms with Gasteiger partial charge in [-0.2, -0.15) is 0 Å². The summed E-state index contributed by atoms with van der Waals surface area (Å²) in [5.74, 6) is 1.01. The van der Waals surface area contributed by atoms with Gasteiger partial charge in [-0.25, -0.2) is 4.98 Å². The number of rotatable bonds is 4. The second-order valence-corrected chi connectivity index (χ2v) is 6.66. The number of nitrogen functional groups attached to an aromatic ring is 1. The summed E-state index contributed by atoms with van der Waals surface area (Å²) in [7, 11) is 3.64. The highest BCUT2D eigenvalue weighted by atomic mass is 16.5. The Bertz CT molecular complexity index is 578. The number of methoxy groups -OCH3 is 1. The third kappa shape index (κ3) is 3.64. The summed E-state index contributed by atoms with van der Waals surface area (Å²) in [6.45, 7) is 3.53. The van der Waals surface area contributed by atoms with E-state index in [4.69, 9.17) is 10.5 Å². The summed E-state index contributed by atoms with van der Waals surface area (Å²) in [4.78, 5) is 20.8. The van der Waals surface area contributed by atoms with Gasteiger partial charge in [0.05, 0.1) is 11.8 Å². The maximum absolute atomic E-state index is 12.0. The van der Waals surface area contributed by atoms with Crippen LogP contribution < -0.4 is 5.73 Å². The monoisotopic (exact) mass is 318 g/mol. The van der Waals surface area contributed by atoms with Crippen LogP contribution in [-0.4, -0.2) is 60.6 Å². The zero-order chi connectivity index (χ0) is 16.4. The quantitative estimate of drug-likeness (QED) is 0.904. The largest absolute Gasteiger partial charge is 0.384 e. The van der Waals surface area contributed by atoms with Crippen LogP contribution in [0.15, 0.2) is 12.1 Å². The van der Waals surface area contributed by atoms with Crippen LogP contribution in [0.4, 0.5) is 5.82 Å². The summed E-state index contributed by atoms with van der Waals surface area (Å²) in [5, 5.41) is 0. The van der Waals surface area contributed by atoms with Crippen molar-refractivity contribution in [2.75, 3.05) is 39.5 Å². The molecule has 1 aromatic rings. The van der Waals surface area contributed by atoms with Crippen LogP contribution in [0.1, 0.15) is 36.4 Å². The fourth-order valence-corrected chi connectivity index (χ4v) is 3.58. The smallest absolute Gasteiger partial charge is 0.222 e. The van der Waals surface area contributed by atoms with Crippen molar-refractivity contribution in [1.29, 1.82) is 0 Å². The molecule has 6 heteroatoms. The van der Waals surface area contributed by atoms with Crippen LogP contribution in [0, 0.1) is 0 Å². The molecule has 1 unspecified atom stereocenters. The molecule has 2 saturated heterocycles. The lowest BCUT2D eigenvalue weighted by Gasteiger charge is -2.30. The molecule has 2 fully saturated rings. The molecule has 0 aliphatic carbocycles. The van der Waals surface area contributed by atoms with Gasteiger partial charge in [-0.1, -0.05) is 6.07 Å². The normalized spacial score (nSPS) is 26.0. The molecule has 0 bridgehead atoms. The Balaban J connectivity index is 1.77. The van der Waals surface area contributed by atoms with Gasteiger partial charge in [0.15, 0.2) is 0 Å². The molecule has 1 amide bonds. The van der Waals surface area contributed by atoms with Crippen LogP contribution in [0.2, 0.25) is 0 Å². The lowest BCUT2D eigenvalue weighted by molar-refractivity contribution is -0.132. The van der Waals surface area contributed by atoms with E-state index in [1.807, 2.05) is 18.0 Å². The predicted octanol–water partition coefficient (Wildman–Crippen LogP) is 1.22. The summed E-state index contributed by atoms with van der Waals surface area (Å²) < 4.78 is 5.44. The first-order valence-corrected chi connectivity index (χ1v) is 8.31. The number of likely N-dealkylation sites (tertiary alicyclic amines) is 2. The molecule has 2 aliphatic rings. The number of hydrogen-bond acceptors (Lipinski definition) is 5. The number of aromatic nitrogens is 1. The number of amides is 1. The Morgan fingerprint density at radius 3 is 2.87 bits per heavy atom. The first-order valence-electron chi connectivity index (χ1n) is 8.31. The standard InChI is InChI=1S/C17H26N4O2/c1-20-7-5-12(9-17(20)22)14-3-4-16(18)19-15(14)11-21-8-6-13(10-21)23-2/h3-4,12-13H,5-11H2,1-2H3,(H2,18,19)/t12?,13-/m0/s1. The lowest BCUT2D eigenvalue weighted by atomic mass is 9.88. The number of piperidine rings is 1. The Morgan fingerprint density at radius 1 is 1.35 bits per heavy atom.